The first-order valence-electron chi connectivity index (χ1n) is 10.4. The number of hydrogen-bond acceptors (Lipinski definition) is 6. The minimum atomic E-state index is -3.72. The van der Waals surface area contributed by atoms with Gasteiger partial charge in [0, 0.05) is 37.1 Å². The maximum atomic E-state index is 13.1. The summed E-state index contributed by atoms with van der Waals surface area (Å²) in [5.41, 5.74) is 3.94. The number of aryl methyl sites for hydroxylation is 2. The van der Waals surface area contributed by atoms with Crippen molar-refractivity contribution in [2.24, 2.45) is 0 Å². The number of fused-ring (bicyclic) bond motifs is 1. The van der Waals surface area contributed by atoms with Crippen molar-refractivity contribution in [3.05, 3.63) is 64.7 Å². The molecule has 0 saturated carbocycles. The lowest BCUT2D eigenvalue weighted by Crippen LogP contribution is -2.49. The molecule has 1 aliphatic rings. The molecule has 164 valence electrons. The molecule has 0 spiro atoms. The number of piperazine rings is 1. The number of carbonyl (C=O) groups is 1. The zero-order chi connectivity index (χ0) is 23.0. The van der Waals surface area contributed by atoms with Crippen molar-refractivity contribution in [3.8, 4) is 6.07 Å². The van der Waals surface area contributed by atoms with Gasteiger partial charge in [-0.2, -0.15) is 9.57 Å². The average molecular weight is 449 g/mol. The summed E-state index contributed by atoms with van der Waals surface area (Å²) in [6.07, 6.45) is 0. The van der Waals surface area contributed by atoms with Gasteiger partial charge in [-0.1, -0.05) is 12.1 Å². The molecule has 8 heteroatoms. The fraction of sp³-hybridized carbons (Fsp3) is 0.292. The first kappa shape index (κ1) is 21.9. The van der Waals surface area contributed by atoms with Crippen LogP contribution in [-0.4, -0.2) is 49.7 Å². The first-order chi connectivity index (χ1) is 15.2. The summed E-state index contributed by atoms with van der Waals surface area (Å²) in [5, 5.41) is 10.6. The lowest BCUT2D eigenvalue weighted by atomic mass is 10.0. The van der Waals surface area contributed by atoms with Crippen LogP contribution in [0.5, 0.6) is 0 Å². The van der Waals surface area contributed by atoms with E-state index in [4.69, 9.17) is 4.98 Å². The van der Waals surface area contributed by atoms with Gasteiger partial charge < -0.3 is 4.90 Å². The molecule has 0 amide bonds. The van der Waals surface area contributed by atoms with Crippen LogP contribution in [0.15, 0.2) is 47.4 Å². The first-order valence-corrected chi connectivity index (χ1v) is 11.8. The van der Waals surface area contributed by atoms with Crippen LogP contribution in [-0.2, 0) is 10.0 Å². The predicted octanol–water partition coefficient (Wildman–Crippen LogP) is 3.44. The molecule has 3 aromatic rings. The monoisotopic (exact) mass is 448 g/mol. The number of sulfonamides is 1. The number of pyridine rings is 1. The van der Waals surface area contributed by atoms with Gasteiger partial charge in [-0.3, -0.25) is 4.79 Å². The molecule has 2 aromatic carbocycles. The Labute approximate surface area is 188 Å². The Morgan fingerprint density at radius 2 is 1.72 bits per heavy atom. The molecule has 4 rings (SSSR count). The van der Waals surface area contributed by atoms with Crippen molar-refractivity contribution in [2.45, 2.75) is 25.7 Å². The molecular weight excluding hydrogens is 424 g/mol. The molecule has 1 fully saturated rings. The predicted molar refractivity (Wildman–Crippen MR) is 123 cm³/mol. The van der Waals surface area contributed by atoms with Gasteiger partial charge in [0.15, 0.2) is 5.78 Å². The van der Waals surface area contributed by atoms with E-state index in [0.717, 1.165) is 22.0 Å². The molecule has 1 saturated heterocycles. The molecule has 0 unspecified atom stereocenters. The van der Waals surface area contributed by atoms with Crippen molar-refractivity contribution in [3.63, 3.8) is 0 Å². The minimum absolute atomic E-state index is 0.117. The molecule has 0 bridgehead atoms. The van der Waals surface area contributed by atoms with E-state index in [1.54, 1.807) is 12.1 Å². The van der Waals surface area contributed by atoms with Crippen molar-refractivity contribution >= 4 is 32.5 Å². The number of aromatic nitrogens is 1. The van der Waals surface area contributed by atoms with E-state index in [0.29, 0.717) is 30.0 Å². The number of benzene rings is 2. The van der Waals surface area contributed by atoms with E-state index < -0.39 is 10.0 Å². The van der Waals surface area contributed by atoms with Crippen molar-refractivity contribution in [2.75, 3.05) is 31.1 Å². The molecular formula is C24H24N4O3S. The summed E-state index contributed by atoms with van der Waals surface area (Å²) in [4.78, 5) is 18.5. The van der Waals surface area contributed by atoms with E-state index in [9.17, 15) is 18.5 Å². The third-order valence-electron chi connectivity index (χ3n) is 5.95. The van der Waals surface area contributed by atoms with Gasteiger partial charge in [0.2, 0.25) is 10.0 Å². The summed E-state index contributed by atoms with van der Waals surface area (Å²) in [5.74, 6) is 0.405. The van der Waals surface area contributed by atoms with Crippen LogP contribution in [0.25, 0.3) is 10.9 Å². The second kappa shape index (κ2) is 8.34. The maximum Gasteiger partial charge on any atom is 0.243 e. The highest BCUT2D eigenvalue weighted by Crippen LogP contribution is 2.27. The molecule has 0 aliphatic carbocycles. The van der Waals surface area contributed by atoms with Gasteiger partial charge in [-0.15, -0.1) is 0 Å². The van der Waals surface area contributed by atoms with Gasteiger partial charge in [0.25, 0.3) is 0 Å². The highest BCUT2D eigenvalue weighted by atomic mass is 32.2. The number of nitrogens with zero attached hydrogens (tertiary/aromatic N) is 4. The SMILES string of the molecule is CC(=O)c1cccc(S(=O)(=O)N2CCN(c3nc4cc(C)c(C)cc4cc3C#N)CC2)c1. The Balaban J connectivity index is 1.59. The Hall–Kier alpha value is -3.28. The Kier molecular flexibility index (Phi) is 5.71. The summed E-state index contributed by atoms with van der Waals surface area (Å²) < 4.78 is 27.6. The van der Waals surface area contributed by atoms with Gasteiger partial charge in [-0.05, 0) is 62.2 Å². The van der Waals surface area contributed by atoms with Crippen LogP contribution in [0.1, 0.15) is 34.0 Å². The molecule has 0 radical (unpaired) electrons. The Bertz CT molecular complexity index is 1370. The van der Waals surface area contributed by atoms with E-state index >= 15 is 0 Å². The van der Waals surface area contributed by atoms with E-state index in [1.807, 2.05) is 36.9 Å². The largest absolute Gasteiger partial charge is 0.353 e. The summed E-state index contributed by atoms with van der Waals surface area (Å²) in [6, 6.07) is 14.3. The van der Waals surface area contributed by atoms with Gasteiger partial charge in [0.05, 0.1) is 16.0 Å². The number of nitriles is 1. The molecule has 1 aromatic heterocycles. The highest BCUT2D eigenvalue weighted by Gasteiger charge is 2.30. The summed E-state index contributed by atoms with van der Waals surface area (Å²) in [7, 11) is -3.72. The second-order valence-electron chi connectivity index (χ2n) is 8.08. The second-order valence-corrected chi connectivity index (χ2v) is 10.0. The average Bonchev–Trinajstić information content (AvgIpc) is 2.79. The van der Waals surface area contributed by atoms with Crippen molar-refractivity contribution < 1.29 is 13.2 Å². The lowest BCUT2D eigenvalue weighted by Gasteiger charge is -2.35. The topological polar surface area (TPSA) is 94.4 Å². The normalized spacial score (nSPS) is 15.0. The number of Topliss-reactive ketones (excluding diaryl/α,β-unsaturated/α-hetero) is 1. The minimum Gasteiger partial charge on any atom is -0.353 e. The Morgan fingerprint density at radius 3 is 2.38 bits per heavy atom. The van der Waals surface area contributed by atoms with Crippen LogP contribution < -0.4 is 4.90 Å². The van der Waals surface area contributed by atoms with Gasteiger partial charge >= 0.3 is 0 Å². The van der Waals surface area contributed by atoms with Crippen molar-refractivity contribution in [1.82, 2.24) is 9.29 Å². The number of rotatable bonds is 4. The van der Waals surface area contributed by atoms with Crippen molar-refractivity contribution in [1.29, 1.82) is 5.26 Å². The van der Waals surface area contributed by atoms with Crippen LogP contribution in [0.3, 0.4) is 0 Å². The molecule has 1 aliphatic heterocycles. The quantitative estimate of drug-likeness (QED) is 0.568. The van der Waals surface area contributed by atoms with Crippen LogP contribution in [0, 0.1) is 25.2 Å². The number of ketones is 1. The number of hydrogen-bond donors (Lipinski definition) is 0. The van der Waals surface area contributed by atoms with Gasteiger partial charge in [0.1, 0.15) is 11.9 Å². The fourth-order valence-corrected chi connectivity index (χ4v) is 5.39. The molecule has 7 nitrogen and oxygen atoms in total. The van der Waals surface area contributed by atoms with E-state index in [1.165, 1.54) is 23.4 Å². The third kappa shape index (κ3) is 3.97. The smallest absolute Gasteiger partial charge is 0.243 e. The third-order valence-corrected chi connectivity index (χ3v) is 7.84. The summed E-state index contributed by atoms with van der Waals surface area (Å²) >= 11 is 0. The number of anilines is 1. The molecule has 32 heavy (non-hydrogen) atoms. The van der Waals surface area contributed by atoms with Gasteiger partial charge in [-0.25, -0.2) is 13.4 Å². The zero-order valence-corrected chi connectivity index (χ0v) is 19.1. The van der Waals surface area contributed by atoms with Crippen LogP contribution >= 0.6 is 0 Å². The van der Waals surface area contributed by atoms with E-state index in [2.05, 4.69) is 6.07 Å². The van der Waals surface area contributed by atoms with E-state index in [-0.39, 0.29) is 23.8 Å². The van der Waals surface area contributed by atoms with Crippen LogP contribution in [0.4, 0.5) is 5.82 Å². The standard InChI is InChI=1S/C24H24N4O3S/c1-16-11-20-13-21(15-25)24(26-23(20)12-17(16)2)27-7-9-28(10-8-27)32(30,31)22-6-4-5-19(14-22)18(3)29/h4-6,11-14H,7-10H2,1-3H3. The fourth-order valence-electron chi connectivity index (χ4n) is 3.92. The summed E-state index contributed by atoms with van der Waals surface area (Å²) in [6.45, 7) is 6.85. The maximum absolute atomic E-state index is 13.1. The number of carbonyl (C=O) groups excluding carboxylic acids is 1. The highest BCUT2D eigenvalue weighted by molar-refractivity contribution is 7.89. The van der Waals surface area contributed by atoms with Crippen LogP contribution in [0.2, 0.25) is 0 Å². The molecule has 0 N–H and O–H groups in total. The lowest BCUT2D eigenvalue weighted by molar-refractivity contribution is 0.101. The molecule has 0 atom stereocenters. The zero-order valence-electron chi connectivity index (χ0n) is 18.3. The Morgan fingerprint density at radius 1 is 1.03 bits per heavy atom. The molecule has 2 heterocycles.